The van der Waals surface area contributed by atoms with Crippen molar-refractivity contribution in [1.82, 2.24) is 0 Å². The molecule has 0 aliphatic rings. The van der Waals surface area contributed by atoms with Crippen LogP contribution in [-0.4, -0.2) is 15.5 Å². The van der Waals surface area contributed by atoms with E-state index in [0.29, 0.717) is 0 Å². The molecular weight excluding hydrogens is 202 g/mol. The molecule has 0 spiro atoms. The van der Waals surface area contributed by atoms with E-state index >= 15 is 0 Å². The summed E-state index contributed by atoms with van der Waals surface area (Å²) in [5, 5.41) is 4.06. The average Bonchev–Trinajstić information content (AvgIpc) is 2.09. The number of aryl methyl sites for hydroxylation is 2. The third kappa shape index (κ3) is 5.55. The van der Waals surface area contributed by atoms with Crippen molar-refractivity contribution >= 4 is 10.9 Å². The average molecular weight is 217 g/mol. The van der Waals surface area contributed by atoms with Crippen molar-refractivity contribution in [3.8, 4) is 5.75 Å². The fourth-order valence-corrected chi connectivity index (χ4v) is 0.841. The Hall–Kier alpha value is -1.07. The van der Waals surface area contributed by atoms with E-state index in [1.807, 2.05) is 12.1 Å². The highest BCUT2D eigenvalue weighted by molar-refractivity contribution is 7.69. The van der Waals surface area contributed by atoms with Gasteiger partial charge in [-0.15, -0.1) is 0 Å². The zero-order valence-electron chi connectivity index (χ0n) is 8.48. The number of rotatable bonds is 1. The van der Waals surface area contributed by atoms with Crippen LogP contribution in [0.4, 0.5) is 0 Å². The normalized spacial score (nSPS) is 9.21. The number of hydrogen-bond donors (Lipinski definition) is 2. The molecule has 1 rings (SSSR count). The second-order valence-electron chi connectivity index (χ2n) is 2.74. The van der Waals surface area contributed by atoms with E-state index in [1.54, 1.807) is 7.11 Å². The maximum Gasteiger partial charge on any atom is 0.198 e. The van der Waals surface area contributed by atoms with Gasteiger partial charge in [-0.2, -0.15) is 0 Å². The van der Waals surface area contributed by atoms with Gasteiger partial charge in [-0.1, -0.05) is 6.07 Å². The summed E-state index contributed by atoms with van der Waals surface area (Å²) in [5.41, 5.74) is 2.58. The lowest BCUT2D eigenvalue weighted by molar-refractivity contribution is 0.414. The van der Waals surface area contributed by atoms with Crippen molar-refractivity contribution in [3.63, 3.8) is 0 Å². The molecule has 0 radical (unpaired) electrons. The number of thiol groups is 1. The molecule has 0 saturated heterocycles. The van der Waals surface area contributed by atoms with Gasteiger partial charge in [0, 0.05) is 0 Å². The molecule has 0 heterocycles. The summed E-state index contributed by atoms with van der Waals surface area (Å²) in [6, 6.07) is 6.08. The first-order valence-corrected chi connectivity index (χ1v) is 5.22. The molecule has 4 nitrogen and oxygen atoms in total. The Labute approximate surface area is 85.8 Å². The predicted molar refractivity (Wildman–Crippen MR) is 57.0 cm³/mol. The molecule has 0 aliphatic heterocycles. The van der Waals surface area contributed by atoms with Crippen molar-refractivity contribution in [2.75, 3.05) is 7.11 Å². The van der Waals surface area contributed by atoms with E-state index in [9.17, 15) is 0 Å². The fourth-order valence-electron chi connectivity index (χ4n) is 0.841. The third-order valence-electron chi connectivity index (χ3n) is 1.71. The first-order chi connectivity index (χ1) is 6.47. The Bertz CT molecular complexity index is 353. The summed E-state index contributed by atoms with van der Waals surface area (Å²) in [7, 11) is -0.936. The van der Waals surface area contributed by atoms with Crippen LogP contribution in [0.1, 0.15) is 11.1 Å². The Morgan fingerprint density at radius 1 is 1.21 bits per heavy atom. The van der Waals surface area contributed by atoms with Gasteiger partial charge in [0.25, 0.3) is 0 Å². The molecule has 0 aromatic heterocycles. The first-order valence-electron chi connectivity index (χ1n) is 3.97. The van der Waals surface area contributed by atoms with Crippen LogP contribution in [0, 0.1) is 13.8 Å². The van der Waals surface area contributed by atoms with Gasteiger partial charge in [-0.25, -0.2) is 13.6 Å². The van der Waals surface area contributed by atoms with Crippen LogP contribution in [0.25, 0.3) is 0 Å². The van der Waals surface area contributed by atoms with Gasteiger partial charge in [-0.3, -0.25) is 0 Å². The third-order valence-corrected chi connectivity index (χ3v) is 1.71. The molecular formula is C9H15NO3S. The second-order valence-corrected chi connectivity index (χ2v) is 3.31. The number of ether oxygens (including phenoxy) is 1. The van der Waals surface area contributed by atoms with Crippen molar-refractivity contribution in [3.05, 3.63) is 29.3 Å². The topological polar surface area (TPSA) is 69.4 Å². The quantitative estimate of drug-likeness (QED) is 0.683. The molecule has 2 N–H and O–H groups in total. The summed E-state index contributed by atoms with van der Waals surface area (Å²) >= 11 is 0. The number of methoxy groups -OCH3 is 1. The van der Waals surface area contributed by atoms with Crippen LogP contribution in [0.3, 0.4) is 0 Å². The molecule has 0 atom stereocenters. The highest BCUT2D eigenvalue weighted by atomic mass is 32.2. The zero-order valence-corrected chi connectivity index (χ0v) is 9.38. The first kappa shape index (κ1) is 12.9. The molecule has 1 aromatic carbocycles. The molecule has 0 fully saturated rings. The van der Waals surface area contributed by atoms with Gasteiger partial charge in [0.05, 0.1) is 7.11 Å². The van der Waals surface area contributed by atoms with Gasteiger partial charge in [0.15, 0.2) is 10.9 Å². The minimum atomic E-state index is -2.62. The summed E-state index contributed by atoms with van der Waals surface area (Å²) < 4.78 is 22.7. The van der Waals surface area contributed by atoms with Gasteiger partial charge < -0.3 is 4.74 Å². The maximum absolute atomic E-state index is 8.81. The van der Waals surface area contributed by atoms with Gasteiger partial charge >= 0.3 is 0 Å². The lowest BCUT2D eigenvalue weighted by atomic mass is 10.1. The Balaban J connectivity index is 0.000000364. The standard InChI is InChI=1S/C9H12O.H3NO2S/c1-7-4-5-9(10-3)6-8(7)2;1-4(2)3/h4-6H,1-3H3;4H,(H2,1,2,3). The summed E-state index contributed by atoms with van der Waals surface area (Å²) in [5.74, 6) is 0.933. The van der Waals surface area contributed by atoms with Gasteiger partial charge in [0.1, 0.15) is 5.75 Å². The molecule has 1 aromatic rings. The monoisotopic (exact) mass is 217 g/mol. The lowest BCUT2D eigenvalue weighted by Crippen LogP contribution is -1.85. The largest absolute Gasteiger partial charge is 0.497 e. The van der Waals surface area contributed by atoms with Crippen molar-refractivity contribution in [1.29, 1.82) is 0 Å². The van der Waals surface area contributed by atoms with Gasteiger partial charge in [-0.05, 0) is 37.1 Å². The Morgan fingerprint density at radius 2 is 1.71 bits per heavy atom. The van der Waals surface area contributed by atoms with Crippen molar-refractivity contribution in [2.45, 2.75) is 13.8 Å². The highest BCUT2D eigenvalue weighted by Crippen LogP contribution is 2.15. The zero-order chi connectivity index (χ0) is 11.1. The minimum Gasteiger partial charge on any atom is -0.497 e. The number of nitrogens with two attached hydrogens (primary N) is 1. The molecule has 0 unspecified atom stereocenters. The Kier molecular flexibility index (Phi) is 5.91. The minimum absolute atomic E-state index is 0.933. The molecule has 5 heteroatoms. The summed E-state index contributed by atoms with van der Waals surface area (Å²) in [6.07, 6.45) is 0. The smallest absolute Gasteiger partial charge is 0.198 e. The predicted octanol–water partition coefficient (Wildman–Crippen LogP) is 0.784. The molecule has 80 valence electrons. The van der Waals surface area contributed by atoms with Crippen LogP contribution in [-0.2, 0) is 10.9 Å². The van der Waals surface area contributed by atoms with Crippen LogP contribution < -0.4 is 9.88 Å². The Morgan fingerprint density at radius 3 is 2.07 bits per heavy atom. The van der Waals surface area contributed by atoms with Gasteiger partial charge in [0.2, 0.25) is 0 Å². The van der Waals surface area contributed by atoms with E-state index < -0.39 is 10.9 Å². The lowest BCUT2D eigenvalue weighted by Gasteiger charge is -2.02. The van der Waals surface area contributed by atoms with E-state index in [1.165, 1.54) is 11.1 Å². The molecule has 0 aliphatic carbocycles. The SMILES string of the molecule is COc1ccc(C)c(C)c1.N[SH](=O)=O. The number of hydrogen-bond acceptors (Lipinski definition) is 3. The fraction of sp³-hybridized carbons (Fsp3) is 0.333. The van der Waals surface area contributed by atoms with E-state index in [0.717, 1.165) is 5.75 Å². The molecule has 0 amide bonds. The summed E-state index contributed by atoms with van der Waals surface area (Å²) in [6.45, 7) is 4.17. The van der Waals surface area contributed by atoms with Crippen molar-refractivity contribution < 1.29 is 13.2 Å². The second kappa shape index (κ2) is 6.39. The maximum atomic E-state index is 8.81. The van der Waals surface area contributed by atoms with Crippen LogP contribution >= 0.6 is 0 Å². The molecule has 0 saturated carbocycles. The van der Waals surface area contributed by atoms with E-state index in [4.69, 9.17) is 13.2 Å². The summed E-state index contributed by atoms with van der Waals surface area (Å²) in [4.78, 5) is 0. The van der Waals surface area contributed by atoms with E-state index in [2.05, 4.69) is 25.1 Å². The van der Waals surface area contributed by atoms with Crippen LogP contribution in [0.5, 0.6) is 5.75 Å². The highest BCUT2D eigenvalue weighted by Gasteiger charge is 1.93. The van der Waals surface area contributed by atoms with Crippen LogP contribution in [0.2, 0.25) is 0 Å². The van der Waals surface area contributed by atoms with E-state index in [-0.39, 0.29) is 0 Å². The van der Waals surface area contributed by atoms with Crippen molar-refractivity contribution in [2.24, 2.45) is 5.14 Å². The number of benzene rings is 1. The molecule has 0 bridgehead atoms. The van der Waals surface area contributed by atoms with Crippen LogP contribution in [0.15, 0.2) is 18.2 Å². The molecule has 14 heavy (non-hydrogen) atoms.